The highest BCUT2D eigenvalue weighted by Crippen LogP contribution is 2.54. The van der Waals surface area contributed by atoms with Crippen LogP contribution in [0.5, 0.6) is 5.88 Å². The highest BCUT2D eigenvalue weighted by atomic mass is 28.4. The van der Waals surface area contributed by atoms with Crippen molar-refractivity contribution in [3.05, 3.63) is 58.9 Å². The van der Waals surface area contributed by atoms with Crippen molar-refractivity contribution in [2.24, 2.45) is 5.92 Å². The van der Waals surface area contributed by atoms with E-state index in [0.717, 1.165) is 11.1 Å². The van der Waals surface area contributed by atoms with Crippen LogP contribution in [0.4, 0.5) is 0 Å². The molecule has 0 spiro atoms. The average molecular weight is 497 g/mol. The van der Waals surface area contributed by atoms with E-state index in [1.807, 2.05) is 56.3 Å². The zero-order valence-corrected chi connectivity index (χ0v) is 23.0. The Kier molecular flexibility index (Phi) is 6.45. The van der Waals surface area contributed by atoms with Gasteiger partial charge in [-0.25, -0.2) is 0 Å². The summed E-state index contributed by atoms with van der Waals surface area (Å²) < 4.78 is 18.6. The van der Waals surface area contributed by atoms with Crippen LogP contribution >= 0.6 is 0 Å². The molecule has 0 saturated carbocycles. The molecule has 3 atom stereocenters. The van der Waals surface area contributed by atoms with E-state index in [-0.39, 0.29) is 34.9 Å². The van der Waals surface area contributed by atoms with Gasteiger partial charge in [0.15, 0.2) is 25.5 Å². The zero-order chi connectivity index (χ0) is 25.8. The number of hydrogen-bond acceptors (Lipinski definition) is 7. The largest absolute Gasteiger partial charge is 0.470 e. The van der Waals surface area contributed by atoms with E-state index in [0.29, 0.717) is 12.2 Å². The smallest absolute Gasteiger partial charge is 0.265 e. The van der Waals surface area contributed by atoms with Crippen LogP contribution < -0.4 is 4.74 Å². The molecule has 2 aromatic rings. The molecule has 0 bridgehead atoms. The second-order valence-corrected chi connectivity index (χ2v) is 16.2. The van der Waals surface area contributed by atoms with Crippen molar-refractivity contribution in [2.45, 2.75) is 70.5 Å². The Bertz CT molecular complexity index is 1160. The Morgan fingerprint density at radius 1 is 1.17 bits per heavy atom. The van der Waals surface area contributed by atoms with Gasteiger partial charge in [-0.3, -0.25) is 14.5 Å². The minimum absolute atomic E-state index is 0.108. The monoisotopic (exact) mass is 496 g/mol. The van der Waals surface area contributed by atoms with Crippen molar-refractivity contribution in [3.63, 3.8) is 0 Å². The maximum absolute atomic E-state index is 14.4. The molecule has 0 aliphatic heterocycles. The summed E-state index contributed by atoms with van der Waals surface area (Å²) >= 11 is 0. The second-order valence-electron chi connectivity index (χ2n) is 11.5. The Morgan fingerprint density at radius 2 is 1.83 bits per heavy atom. The number of aromatic nitrogens is 1. The summed E-state index contributed by atoms with van der Waals surface area (Å²) in [5, 5.41) is 3.96. The minimum Gasteiger partial charge on any atom is -0.470 e. The number of ketones is 2. The topological polar surface area (TPSA) is 81.9 Å². The van der Waals surface area contributed by atoms with Crippen LogP contribution in [0.15, 0.2) is 46.5 Å². The van der Waals surface area contributed by atoms with E-state index >= 15 is 0 Å². The van der Waals surface area contributed by atoms with Crippen LogP contribution in [0.3, 0.4) is 0 Å². The molecule has 0 amide bonds. The molecule has 1 heterocycles. The van der Waals surface area contributed by atoms with Crippen molar-refractivity contribution in [1.82, 2.24) is 10.1 Å². The summed E-state index contributed by atoms with van der Waals surface area (Å²) in [5.41, 5.74) is 0.448. The summed E-state index contributed by atoms with van der Waals surface area (Å²) in [7, 11) is 1.30. The molecule has 0 radical (unpaired) electrons. The van der Waals surface area contributed by atoms with Gasteiger partial charge in [-0.1, -0.05) is 56.7 Å². The molecule has 2 aliphatic rings. The first-order chi connectivity index (χ1) is 16.3. The number of hydrogen-bond donors (Lipinski definition) is 0. The normalized spacial score (nSPS) is 24.8. The highest BCUT2D eigenvalue weighted by Gasteiger charge is 2.65. The molecular formula is C27H36N2O5Si. The first-order valence-corrected chi connectivity index (χ1v) is 15.0. The number of allylic oxidation sites excluding steroid dienone is 1. The van der Waals surface area contributed by atoms with E-state index in [1.165, 1.54) is 0 Å². The van der Waals surface area contributed by atoms with Gasteiger partial charge < -0.3 is 13.7 Å². The molecule has 0 saturated heterocycles. The van der Waals surface area contributed by atoms with Gasteiger partial charge in [0.05, 0.1) is 6.04 Å². The van der Waals surface area contributed by atoms with Crippen molar-refractivity contribution >= 4 is 19.9 Å². The summed E-state index contributed by atoms with van der Waals surface area (Å²) in [5.74, 6) is -0.590. The SMILES string of the molecule is CC1=CC(=O)[C@]2(O[Si](C)(C)C(C)(C)C)C(=O)c3c(OCc4ccccc4)noc3[C@@H](N(C)C)[C@@H]2C1. The molecule has 0 fully saturated rings. The lowest BCUT2D eigenvalue weighted by Gasteiger charge is -2.52. The van der Waals surface area contributed by atoms with Crippen LogP contribution in [0, 0.1) is 5.92 Å². The lowest BCUT2D eigenvalue weighted by Crippen LogP contribution is -2.66. The summed E-state index contributed by atoms with van der Waals surface area (Å²) in [4.78, 5) is 30.2. The molecule has 4 rings (SSSR count). The molecule has 8 heteroatoms. The van der Waals surface area contributed by atoms with E-state index in [9.17, 15) is 9.59 Å². The fourth-order valence-electron chi connectivity index (χ4n) is 4.89. The maximum Gasteiger partial charge on any atom is 0.265 e. The third-order valence-electron chi connectivity index (χ3n) is 7.71. The number of ether oxygens (including phenoxy) is 1. The minimum atomic E-state index is -2.55. The van der Waals surface area contributed by atoms with Crippen LogP contribution in [0.25, 0.3) is 0 Å². The van der Waals surface area contributed by atoms with Crippen molar-refractivity contribution in [3.8, 4) is 5.88 Å². The standard InChI is InChI=1S/C27H36N2O5Si/c1-17-14-19-22(29(5)6)23-21(25(28-33-23)32-16-18-12-10-9-11-13-18)24(31)27(19,20(30)15-17)34-35(7,8)26(2,3)4/h9-13,15,19,22H,14,16H2,1-8H3/t19-,22-,27-/m0/s1. The summed E-state index contributed by atoms with van der Waals surface area (Å²) in [6.45, 7) is 12.6. The van der Waals surface area contributed by atoms with Crippen LogP contribution in [0.1, 0.15) is 61.8 Å². The first-order valence-electron chi connectivity index (χ1n) is 12.1. The summed E-state index contributed by atoms with van der Waals surface area (Å²) in [6.07, 6.45) is 2.13. The van der Waals surface area contributed by atoms with Gasteiger partial charge in [0.1, 0.15) is 12.2 Å². The number of fused-ring (bicyclic) bond motifs is 2. The highest BCUT2D eigenvalue weighted by molar-refractivity contribution is 6.74. The van der Waals surface area contributed by atoms with E-state index in [4.69, 9.17) is 13.7 Å². The molecular weight excluding hydrogens is 460 g/mol. The van der Waals surface area contributed by atoms with Crippen LogP contribution in [0.2, 0.25) is 18.1 Å². The Hall–Kier alpha value is -2.55. The number of rotatable bonds is 6. The molecule has 2 aliphatic carbocycles. The number of Topliss-reactive ketones (excluding diaryl/α,β-unsaturated/α-hetero) is 1. The Morgan fingerprint density at radius 3 is 2.43 bits per heavy atom. The molecule has 0 unspecified atom stereocenters. The Labute approximate surface area is 208 Å². The lowest BCUT2D eigenvalue weighted by molar-refractivity contribution is -0.135. The molecule has 1 aromatic carbocycles. The Balaban J connectivity index is 1.86. The van der Waals surface area contributed by atoms with Gasteiger partial charge >= 0.3 is 0 Å². The number of carbonyl (C=O) groups is 2. The molecule has 188 valence electrons. The third kappa shape index (κ3) is 4.21. The molecule has 1 aromatic heterocycles. The van der Waals surface area contributed by atoms with Crippen molar-refractivity contribution in [1.29, 1.82) is 0 Å². The number of carbonyl (C=O) groups excluding carboxylic acids is 2. The van der Waals surface area contributed by atoms with Crippen LogP contribution in [-0.2, 0) is 15.8 Å². The van der Waals surface area contributed by atoms with Crippen molar-refractivity contribution < 1.29 is 23.3 Å². The predicted molar refractivity (Wildman–Crippen MR) is 136 cm³/mol. The number of benzene rings is 1. The van der Waals surface area contributed by atoms with Crippen LogP contribution in [-0.4, -0.2) is 49.6 Å². The van der Waals surface area contributed by atoms with Gasteiger partial charge in [-0.2, -0.15) is 0 Å². The molecule has 7 nitrogen and oxygen atoms in total. The van der Waals surface area contributed by atoms with E-state index < -0.39 is 25.6 Å². The fraction of sp³-hybridized carbons (Fsp3) is 0.519. The van der Waals surface area contributed by atoms with Crippen molar-refractivity contribution in [2.75, 3.05) is 14.1 Å². The quantitative estimate of drug-likeness (QED) is 0.394. The lowest BCUT2D eigenvalue weighted by atomic mass is 9.64. The van der Waals surface area contributed by atoms with Gasteiger partial charge in [-0.05, 0) is 62.4 Å². The van der Waals surface area contributed by atoms with Gasteiger partial charge in [-0.15, -0.1) is 0 Å². The van der Waals surface area contributed by atoms with E-state index in [1.54, 1.807) is 6.08 Å². The molecule has 35 heavy (non-hydrogen) atoms. The third-order valence-corrected chi connectivity index (χ3v) is 12.2. The zero-order valence-electron chi connectivity index (χ0n) is 22.0. The first kappa shape index (κ1) is 25.5. The second kappa shape index (κ2) is 8.83. The van der Waals surface area contributed by atoms with Gasteiger partial charge in [0.2, 0.25) is 5.78 Å². The van der Waals surface area contributed by atoms with Gasteiger partial charge in [0, 0.05) is 5.92 Å². The van der Waals surface area contributed by atoms with E-state index in [2.05, 4.69) is 39.0 Å². The predicted octanol–water partition coefficient (Wildman–Crippen LogP) is 5.35. The number of nitrogens with zero attached hydrogens (tertiary/aromatic N) is 2. The summed E-state index contributed by atoms with van der Waals surface area (Å²) in [6, 6.07) is 9.28. The van der Waals surface area contributed by atoms with Gasteiger partial charge in [0.25, 0.3) is 5.88 Å². The fourth-order valence-corrected chi connectivity index (χ4v) is 6.35. The maximum atomic E-state index is 14.4. The molecule has 0 N–H and O–H groups in total. The average Bonchev–Trinajstić information content (AvgIpc) is 3.17.